The molecule has 4 rings (SSSR count). The van der Waals surface area contributed by atoms with Crippen molar-refractivity contribution in [1.29, 1.82) is 0 Å². The van der Waals surface area contributed by atoms with Gasteiger partial charge in [-0.25, -0.2) is 17.2 Å². The van der Waals surface area contributed by atoms with Crippen LogP contribution in [0.3, 0.4) is 0 Å². The Bertz CT molecular complexity index is 1300. The fourth-order valence-corrected chi connectivity index (χ4v) is 6.06. The number of nitrogens with zero attached hydrogens (tertiary/aromatic N) is 2. The molecule has 6 nitrogen and oxygen atoms in total. The molecule has 10 heteroatoms. The van der Waals surface area contributed by atoms with Gasteiger partial charge in [0.2, 0.25) is 0 Å². The molecule has 1 aliphatic rings. The largest absolute Gasteiger partial charge is 0.493 e. The molecule has 1 aliphatic heterocycles. The van der Waals surface area contributed by atoms with Crippen molar-refractivity contribution >= 4 is 27.3 Å². The summed E-state index contributed by atoms with van der Waals surface area (Å²) in [4.78, 5) is 2.20. The molecule has 1 saturated heterocycles. The summed E-state index contributed by atoms with van der Waals surface area (Å²) >= 11 is 5.95. The van der Waals surface area contributed by atoms with E-state index < -0.39 is 33.4 Å². The van der Waals surface area contributed by atoms with Crippen LogP contribution in [0.2, 0.25) is 5.02 Å². The topological polar surface area (TPSA) is 59.1 Å². The Kier molecular flexibility index (Phi) is 9.02. The van der Waals surface area contributed by atoms with Gasteiger partial charge >= 0.3 is 0 Å². The van der Waals surface area contributed by atoms with Crippen LogP contribution in [0.25, 0.3) is 0 Å². The first kappa shape index (κ1) is 27.3. The van der Waals surface area contributed by atoms with Crippen molar-refractivity contribution in [3.8, 4) is 5.75 Å². The van der Waals surface area contributed by atoms with Gasteiger partial charge in [-0.05, 0) is 55.8 Å². The fraction of sp³-hybridized carbons (Fsp3) is 0.333. The quantitative estimate of drug-likeness (QED) is 0.304. The van der Waals surface area contributed by atoms with E-state index in [1.165, 1.54) is 24.3 Å². The second kappa shape index (κ2) is 12.2. The van der Waals surface area contributed by atoms with E-state index >= 15 is 0 Å². The summed E-state index contributed by atoms with van der Waals surface area (Å²) < 4.78 is 69.1. The molecule has 0 aromatic heterocycles. The van der Waals surface area contributed by atoms with Crippen molar-refractivity contribution in [2.45, 2.75) is 24.3 Å². The molecule has 0 radical (unpaired) electrons. The number of benzene rings is 3. The molecule has 0 spiro atoms. The maximum absolute atomic E-state index is 15.0. The Hall–Kier alpha value is -2.72. The lowest BCUT2D eigenvalue weighted by Crippen LogP contribution is -2.37. The van der Waals surface area contributed by atoms with Gasteiger partial charge in [0.05, 0.1) is 36.4 Å². The Morgan fingerprint density at radius 3 is 2.49 bits per heavy atom. The number of anilines is 1. The zero-order valence-corrected chi connectivity index (χ0v) is 22.0. The molecule has 3 aromatic carbocycles. The summed E-state index contributed by atoms with van der Waals surface area (Å²) in [7, 11) is -4.32. The van der Waals surface area contributed by atoms with Gasteiger partial charge < -0.3 is 9.47 Å². The van der Waals surface area contributed by atoms with E-state index in [0.717, 1.165) is 61.8 Å². The summed E-state index contributed by atoms with van der Waals surface area (Å²) in [5.74, 6) is -1.15. The van der Waals surface area contributed by atoms with Crippen LogP contribution in [-0.2, 0) is 14.8 Å². The standard InChI is InChI=1S/C27H29ClF2N2O4S/c1-20(24-5-2-3-6-27(24)36-16-4-13-31-14-17-35-18-15-31)32(26-19-22(29)9-12-25(26)30)37(33,34)23-10-7-21(28)8-11-23/h2-3,5-12,19-20H,4,13-18H2,1H3. The molecular formula is C27H29ClF2N2O4S. The minimum Gasteiger partial charge on any atom is -0.493 e. The molecule has 0 amide bonds. The fourth-order valence-electron chi connectivity index (χ4n) is 4.30. The van der Waals surface area contributed by atoms with E-state index in [1.807, 2.05) is 0 Å². The van der Waals surface area contributed by atoms with Crippen molar-refractivity contribution in [2.75, 3.05) is 43.8 Å². The smallest absolute Gasteiger partial charge is 0.264 e. The number of sulfonamides is 1. The van der Waals surface area contributed by atoms with E-state index in [4.69, 9.17) is 21.1 Å². The predicted octanol–water partition coefficient (Wildman–Crippen LogP) is 5.68. The number of morpholine rings is 1. The van der Waals surface area contributed by atoms with E-state index in [0.29, 0.717) is 22.9 Å². The first-order valence-corrected chi connectivity index (χ1v) is 13.9. The Labute approximate surface area is 221 Å². The van der Waals surface area contributed by atoms with Gasteiger partial charge in [-0.15, -0.1) is 0 Å². The average molecular weight is 551 g/mol. The summed E-state index contributed by atoms with van der Waals surface area (Å²) in [6, 6.07) is 14.4. The van der Waals surface area contributed by atoms with Crippen LogP contribution in [0.5, 0.6) is 5.75 Å². The zero-order valence-electron chi connectivity index (χ0n) is 20.4. The summed E-state index contributed by atoms with van der Waals surface area (Å²) in [6.07, 6.45) is 0.772. The predicted molar refractivity (Wildman–Crippen MR) is 140 cm³/mol. The van der Waals surface area contributed by atoms with E-state index in [9.17, 15) is 17.2 Å². The molecule has 37 heavy (non-hydrogen) atoms. The maximum atomic E-state index is 15.0. The SMILES string of the molecule is CC(c1ccccc1OCCCN1CCOCC1)N(c1cc(F)ccc1F)S(=O)(=O)c1ccc(Cl)cc1. The molecule has 0 saturated carbocycles. The van der Waals surface area contributed by atoms with Crippen LogP contribution in [0.1, 0.15) is 24.9 Å². The van der Waals surface area contributed by atoms with Crippen molar-refractivity contribution in [1.82, 2.24) is 4.90 Å². The highest BCUT2D eigenvalue weighted by Crippen LogP contribution is 2.38. The number of ether oxygens (including phenoxy) is 2. The summed E-state index contributed by atoms with van der Waals surface area (Å²) in [6.45, 7) is 6.08. The van der Waals surface area contributed by atoms with Crippen LogP contribution in [0, 0.1) is 11.6 Å². The van der Waals surface area contributed by atoms with Crippen molar-refractivity contribution in [2.24, 2.45) is 0 Å². The van der Waals surface area contributed by atoms with Crippen molar-refractivity contribution in [3.63, 3.8) is 0 Å². The van der Waals surface area contributed by atoms with Gasteiger partial charge in [0.1, 0.15) is 17.4 Å². The van der Waals surface area contributed by atoms with Gasteiger partial charge in [0.25, 0.3) is 10.0 Å². The Morgan fingerprint density at radius 2 is 1.76 bits per heavy atom. The van der Waals surface area contributed by atoms with Crippen LogP contribution < -0.4 is 9.04 Å². The first-order chi connectivity index (χ1) is 17.8. The molecule has 0 aliphatic carbocycles. The third kappa shape index (κ3) is 6.59. The molecule has 1 heterocycles. The molecular weight excluding hydrogens is 522 g/mol. The number of para-hydroxylation sites is 1. The minimum atomic E-state index is -4.32. The highest BCUT2D eigenvalue weighted by atomic mass is 35.5. The van der Waals surface area contributed by atoms with Crippen LogP contribution in [-0.4, -0.2) is 52.8 Å². The normalized spacial score (nSPS) is 15.4. The molecule has 0 bridgehead atoms. The maximum Gasteiger partial charge on any atom is 0.264 e. The molecule has 198 valence electrons. The average Bonchev–Trinajstić information content (AvgIpc) is 2.89. The first-order valence-electron chi connectivity index (χ1n) is 12.0. The van der Waals surface area contributed by atoms with E-state index in [1.54, 1.807) is 31.2 Å². The molecule has 1 unspecified atom stereocenters. The third-order valence-electron chi connectivity index (χ3n) is 6.22. The molecule has 3 aromatic rings. The summed E-state index contributed by atoms with van der Waals surface area (Å²) in [5, 5.41) is 0.353. The highest BCUT2D eigenvalue weighted by molar-refractivity contribution is 7.92. The lowest BCUT2D eigenvalue weighted by atomic mass is 10.1. The van der Waals surface area contributed by atoms with Crippen molar-refractivity contribution in [3.05, 3.63) is 89.0 Å². The number of hydrogen-bond donors (Lipinski definition) is 0. The lowest BCUT2D eigenvalue weighted by molar-refractivity contribution is 0.0357. The van der Waals surface area contributed by atoms with E-state index in [2.05, 4.69) is 4.90 Å². The molecule has 1 atom stereocenters. The second-order valence-electron chi connectivity index (χ2n) is 8.72. The van der Waals surface area contributed by atoms with Gasteiger partial charge in [0, 0.05) is 36.3 Å². The van der Waals surface area contributed by atoms with E-state index in [-0.39, 0.29) is 4.90 Å². The van der Waals surface area contributed by atoms with Gasteiger partial charge in [-0.1, -0.05) is 29.8 Å². The Balaban J connectivity index is 1.64. The van der Waals surface area contributed by atoms with Gasteiger partial charge in [0.15, 0.2) is 0 Å². The minimum absolute atomic E-state index is 0.101. The third-order valence-corrected chi connectivity index (χ3v) is 8.37. The van der Waals surface area contributed by atoms with Gasteiger partial charge in [-0.3, -0.25) is 9.21 Å². The number of hydrogen-bond acceptors (Lipinski definition) is 5. The van der Waals surface area contributed by atoms with Crippen LogP contribution in [0.4, 0.5) is 14.5 Å². The van der Waals surface area contributed by atoms with Crippen LogP contribution in [0.15, 0.2) is 71.6 Å². The molecule has 0 N–H and O–H groups in total. The lowest BCUT2D eigenvalue weighted by Gasteiger charge is -2.32. The second-order valence-corrected chi connectivity index (χ2v) is 11.0. The Morgan fingerprint density at radius 1 is 1.05 bits per heavy atom. The number of rotatable bonds is 10. The van der Waals surface area contributed by atoms with Gasteiger partial charge in [-0.2, -0.15) is 0 Å². The monoisotopic (exact) mass is 550 g/mol. The van der Waals surface area contributed by atoms with Crippen molar-refractivity contribution < 1.29 is 26.7 Å². The zero-order chi connectivity index (χ0) is 26.4. The van der Waals surface area contributed by atoms with Crippen LogP contribution >= 0.6 is 11.6 Å². The number of halogens is 3. The summed E-state index contributed by atoms with van der Waals surface area (Å²) in [5.41, 5.74) is 0.125. The highest BCUT2D eigenvalue weighted by Gasteiger charge is 2.34. The molecule has 1 fully saturated rings.